The van der Waals surface area contributed by atoms with Gasteiger partial charge in [0.05, 0.1) is 5.92 Å². The second-order valence-electron chi connectivity index (χ2n) is 5.44. The number of benzene rings is 1. The van der Waals surface area contributed by atoms with Crippen LogP contribution in [0.5, 0.6) is 0 Å². The molecule has 3 heteroatoms. The third kappa shape index (κ3) is 2.17. The number of rotatable bonds is 2. The van der Waals surface area contributed by atoms with Gasteiger partial charge in [-0.05, 0) is 24.3 Å². The topological polar surface area (TPSA) is 46.2 Å². The zero-order chi connectivity index (χ0) is 13.3. The van der Waals surface area contributed by atoms with Crippen molar-refractivity contribution in [3.8, 4) is 0 Å². The lowest BCUT2D eigenvalue weighted by molar-refractivity contribution is -0.139. The molecule has 1 saturated heterocycles. The summed E-state index contributed by atoms with van der Waals surface area (Å²) in [4.78, 5) is 23.7. The minimum absolute atomic E-state index is 0.159. The Morgan fingerprint density at radius 3 is 2.72 bits per heavy atom. The number of piperidine rings is 1. The predicted molar refractivity (Wildman–Crippen MR) is 70.1 cm³/mol. The molecule has 1 N–H and O–H groups in total. The van der Waals surface area contributed by atoms with E-state index in [-0.39, 0.29) is 23.1 Å². The molecule has 96 valence electrons. The molecule has 1 aromatic rings. The van der Waals surface area contributed by atoms with E-state index in [1.54, 1.807) is 0 Å². The molecule has 2 amide bonds. The maximum Gasteiger partial charge on any atom is 0.234 e. The highest BCUT2D eigenvalue weighted by molar-refractivity contribution is 6.02. The van der Waals surface area contributed by atoms with Gasteiger partial charge in [0.1, 0.15) is 0 Å². The van der Waals surface area contributed by atoms with Crippen molar-refractivity contribution >= 4 is 11.8 Å². The molecule has 0 bridgehead atoms. The largest absolute Gasteiger partial charge is 0.296 e. The van der Waals surface area contributed by atoms with E-state index in [1.165, 1.54) is 0 Å². The summed E-state index contributed by atoms with van der Waals surface area (Å²) in [7, 11) is 0. The third-order valence-corrected chi connectivity index (χ3v) is 3.97. The maximum atomic E-state index is 12.2. The van der Waals surface area contributed by atoms with Gasteiger partial charge in [0.15, 0.2) is 0 Å². The summed E-state index contributed by atoms with van der Waals surface area (Å²) in [6.45, 7) is 6.07. The van der Waals surface area contributed by atoms with E-state index in [0.29, 0.717) is 6.42 Å². The van der Waals surface area contributed by atoms with Crippen LogP contribution in [0.2, 0.25) is 0 Å². The number of aryl methyl sites for hydroxylation is 1. The Labute approximate surface area is 108 Å². The quantitative estimate of drug-likeness (QED) is 0.814. The molecular weight excluding hydrogens is 226 g/mol. The van der Waals surface area contributed by atoms with Gasteiger partial charge in [-0.15, -0.1) is 0 Å². The van der Waals surface area contributed by atoms with Crippen molar-refractivity contribution in [3.63, 3.8) is 0 Å². The van der Waals surface area contributed by atoms with Gasteiger partial charge in [-0.3, -0.25) is 14.9 Å². The first-order valence-corrected chi connectivity index (χ1v) is 6.36. The highest BCUT2D eigenvalue weighted by Crippen LogP contribution is 2.44. The molecule has 3 nitrogen and oxygen atoms in total. The molecule has 0 aromatic heterocycles. The van der Waals surface area contributed by atoms with Crippen LogP contribution >= 0.6 is 0 Å². The molecule has 1 fully saturated rings. The SMILES string of the molecule is CCC1(C)CC(=O)NC(=O)C1c1cccc(C)c1. The Morgan fingerprint density at radius 2 is 2.11 bits per heavy atom. The van der Waals surface area contributed by atoms with E-state index in [4.69, 9.17) is 0 Å². The Balaban J connectivity index is 2.45. The fourth-order valence-corrected chi connectivity index (χ4v) is 2.77. The van der Waals surface area contributed by atoms with Gasteiger partial charge in [0.2, 0.25) is 11.8 Å². The minimum Gasteiger partial charge on any atom is -0.296 e. The van der Waals surface area contributed by atoms with Crippen LogP contribution in [0.4, 0.5) is 0 Å². The van der Waals surface area contributed by atoms with Gasteiger partial charge in [-0.1, -0.05) is 43.7 Å². The fraction of sp³-hybridized carbons (Fsp3) is 0.467. The van der Waals surface area contributed by atoms with E-state index in [1.807, 2.05) is 45.0 Å². The molecule has 0 spiro atoms. The molecule has 2 rings (SSSR count). The van der Waals surface area contributed by atoms with Crippen LogP contribution in [-0.4, -0.2) is 11.8 Å². The van der Waals surface area contributed by atoms with E-state index in [9.17, 15) is 9.59 Å². The summed E-state index contributed by atoms with van der Waals surface area (Å²) in [5.74, 6) is -0.561. The van der Waals surface area contributed by atoms with Crippen LogP contribution in [-0.2, 0) is 9.59 Å². The molecule has 1 aliphatic heterocycles. The number of imide groups is 1. The number of carbonyl (C=O) groups excluding carboxylic acids is 2. The van der Waals surface area contributed by atoms with Crippen molar-refractivity contribution in [1.82, 2.24) is 5.32 Å². The van der Waals surface area contributed by atoms with Gasteiger partial charge in [0, 0.05) is 6.42 Å². The van der Waals surface area contributed by atoms with Crippen molar-refractivity contribution in [1.29, 1.82) is 0 Å². The molecule has 1 aromatic carbocycles. The van der Waals surface area contributed by atoms with Crippen molar-refractivity contribution in [2.75, 3.05) is 0 Å². The Hall–Kier alpha value is -1.64. The monoisotopic (exact) mass is 245 g/mol. The molecule has 1 heterocycles. The summed E-state index contributed by atoms with van der Waals surface area (Å²) in [6.07, 6.45) is 1.22. The lowest BCUT2D eigenvalue weighted by Gasteiger charge is -2.39. The second-order valence-corrected chi connectivity index (χ2v) is 5.44. The van der Waals surface area contributed by atoms with Crippen molar-refractivity contribution in [2.24, 2.45) is 5.41 Å². The fourth-order valence-electron chi connectivity index (χ4n) is 2.77. The minimum atomic E-state index is -0.285. The van der Waals surface area contributed by atoms with Gasteiger partial charge in [0.25, 0.3) is 0 Å². The average molecular weight is 245 g/mol. The Bertz CT molecular complexity index is 495. The summed E-state index contributed by atoms with van der Waals surface area (Å²) in [5, 5.41) is 2.46. The highest BCUT2D eigenvalue weighted by Gasteiger charge is 2.44. The first-order valence-electron chi connectivity index (χ1n) is 6.36. The zero-order valence-electron chi connectivity index (χ0n) is 11.1. The van der Waals surface area contributed by atoms with Crippen molar-refractivity contribution in [2.45, 2.75) is 39.5 Å². The van der Waals surface area contributed by atoms with Gasteiger partial charge in [-0.2, -0.15) is 0 Å². The first-order chi connectivity index (χ1) is 8.46. The molecular formula is C15H19NO2. The number of nitrogens with one attached hydrogen (secondary N) is 1. The van der Waals surface area contributed by atoms with Crippen molar-refractivity contribution < 1.29 is 9.59 Å². The van der Waals surface area contributed by atoms with E-state index >= 15 is 0 Å². The third-order valence-electron chi connectivity index (χ3n) is 3.97. The molecule has 0 saturated carbocycles. The van der Waals surface area contributed by atoms with Gasteiger partial charge in [-0.25, -0.2) is 0 Å². The Morgan fingerprint density at radius 1 is 1.39 bits per heavy atom. The lowest BCUT2D eigenvalue weighted by atomic mass is 9.67. The summed E-state index contributed by atoms with van der Waals surface area (Å²) in [6, 6.07) is 7.98. The van der Waals surface area contributed by atoms with Crippen LogP contribution < -0.4 is 5.32 Å². The second kappa shape index (κ2) is 4.56. The molecule has 0 radical (unpaired) electrons. The van der Waals surface area contributed by atoms with Gasteiger partial charge < -0.3 is 0 Å². The van der Waals surface area contributed by atoms with Gasteiger partial charge >= 0.3 is 0 Å². The van der Waals surface area contributed by atoms with Crippen LogP contribution in [0.3, 0.4) is 0 Å². The Kier molecular flexibility index (Phi) is 3.24. The van der Waals surface area contributed by atoms with Crippen LogP contribution in [0.15, 0.2) is 24.3 Å². The molecule has 2 atom stereocenters. The molecule has 0 aliphatic carbocycles. The predicted octanol–water partition coefficient (Wildman–Crippen LogP) is 2.54. The van der Waals surface area contributed by atoms with Crippen molar-refractivity contribution in [3.05, 3.63) is 35.4 Å². The van der Waals surface area contributed by atoms with E-state index < -0.39 is 0 Å². The molecule has 2 unspecified atom stereocenters. The number of carbonyl (C=O) groups is 2. The maximum absolute atomic E-state index is 12.2. The first kappa shape index (κ1) is 12.8. The summed E-state index contributed by atoms with van der Waals surface area (Å²) < 4.78 is 0. The smallest absolute Gasteiger partial charge is 0.234 e. The molecule has 18 heavy (non-hydrogen) atoms. The van der Waals surface area contributed by atoms with Crippen LogP contribution in [0, 0.1) is 12.3 Å². The van der Waals surface area contributed by atoms with Crippen LogP contribution in [0.1, 0.15) is 43.7 Å². The summed E-state index contributed by atoms with van der Waals surface area (Å²) in [5.41, 5.74) is 1.85. The highest BCUT2D eigenvalue weighted by atomic mass is 16.2. The number of amides is 2. The standard InChI is InChI=1S/C15H19NO2/c1-4-15(3)9-12(17)16-14(18)13(15)11-7-5-6-10(2)8-11/h5-8,13H,4,9H2,1-3H3,(H,16,17,18). The zero-order valence-corrected chi connectivity index (χ0v) is 11.1. The number of hydrogen-bond donors (Lipinski definition) is 1. The number of hydrogen-bond acceptors (Lipinski definition) is 2. The van der Waals surface area contributed by atoms with E-state index in [2.05, 4.69) is 5.32 Å². The van der Waals surface area contributed by atoms with E-state index in [0.717, 1.165) is 17.5 Å². The average Bonchev–Trinajstić information content (AvgIpc) is 2.27. The normalized spacial score (nSPS) is 28.1. The van der Waals surface area contributed by atoms with Crippen LogP contribution in [0.25, 0.3) is 0 Å². The summed E-state index contributed by atoms with van der Waals surface area (Å²) >= 11 is 0. The molecule has 1 aliphatic rings. The lowest BCUT2D eigenvalue weighted by Crippen LogP contribution is -2.49.